The van der Waals surface area contributed by atoms with E-state index in [0.717, 1.165) is 18.4 Å². The molecule has 12 heteroatoms. The number of ether oxygens (including phenoxy) is 1. The molecule has 1 aromatic heterocycles. The summed E-state index contributed by atoms with van der Waals surface area (Å²) in [5.74, 6) is -2.83. The first-order chi connectivity index (χ1) is 8.87. The molecule has 6 nitrogen and oxygen atoms in total. The van der Waals surface area contributed by atoms with E-state index >= 15 is 0 Å². The second kappa shape index (κ2) is 5.01. The van der Waals surface area contributed by atoms with Crippen LogP contribution in [0.1, 0.15) is 10.6 Å². The van der Waals surface area contributed by atoms with Gasteiger partial charge in [0.1, 0.15) is 0 Å². The predicted octanol–water partition coefficient (Wildman–Crippen LogP) is 1.85. The number of furan rings is 1. The fourth-order valence-corrected chi connectivity index (χ4v) is 1.47. The number of alkyl halides is 5. The lowest BCUT2D eigenvalue weighted by atomic mass is 10.3. The lowest BCUT2D eigenvalue weighted by Crippen LogP contribution is -2.52. The van der Waals surface area contributed by atoms with Crippen molar-refractivity contribution in [2.24, 2.45) is 0 Å². The summed E-state index contributed by atoms with van der Waals surface area (Å²) in [6.45, 7) is 0. The molecule has 114 valence electrons. The van der Waals surface area contributed by atoms with Gasteiger partial charge in [-0.1, -0.05) is 0 Å². The van der Waals surface area contributed by atoms with Gasteiger partial charge < -0.3 is 9.15 Å². The van der Waals surface area contributed by atoms with E-state index in [4.69, 9.17) is 4.55 Å². The van der Waals surface area contributed by atoms with Crippen molar-refractivity contribution in [3.63, 3.8) is 0 Å². The van der Waals surface area contributed by atoms with Crippen LogP contribution in [-0.4, -0.2) is 36.5 Å². The summed E-state index contributed by atoms with van der Waals surface area (Å²) in [6, 6.07) is 1.86. The van der Waals surface area contributed by atoms with Crippen LogP contribution in [0.2, 0.25) is 0 Å². The SMILES string of the molecule is O=C(OC(C(F)(F)F)C(F)(F)S(=O)(=O)O)c1ccco1. The van der Waals surface area contributed by atoms with Crippen molar-refractivity contribution in [3.05, 3.63) is 24.2 Å². The van der Waals surface area contributed by atoms with Crippen molar-refractivity contribution < 1.29 is 48.9 Å². The molecule has 1 atom stereocenters. The molecule has 0 aliphatic carbocycles. The van der Waals surface area contributed by atoms with Gasteiger partial charge in [0.2, 0.25) is 5.76 Å². The first-order valence-electron chi connectivity index (χ1n) is 4.53. The van der Waals surface area contributed by atoms with Crippen LogP contribution in [0.25, 0.3) is 0 Å². The van der Waals surface area contributed by atoms with E-state index < -0.39 is 39.4 Å². The third-order valence-electron chi connectivity index (χ3n) is 1.89. The highest BCUT2D eigenvalue weighted by Gasteiger charge is 2.66. The van der Waals surface area contributed by atoms with E-state index in [2.05, 4.69) is 9.15 Å². The summed E-state index contributed by atoms with van der Waals surface area (Å²) in [5.41, 5.74) is 0. The van der Waals surface area contributed by atoms with Crippen molar-refractivity contribution in [2.75, 3.05) is 0 Å². The first-order valence-corrected chi connectivity index (χ1v) is 5.97. The lowest BCUT2D eigenvalue weighted by Gasteiger charge is -2.25. The number of rotatable bonds is 4. The zero-order chi connectivity index (χ0) is 15.8. The fourth-order valence-electron chi connectivity index (χ4n) is 1.02. The van der Waals surface area contributed by atoms with Gasteiger partial charge in [-0.25, -0.2) is 4.79 Å². The van der Waals surface area contributed by atoms with Gasteiger partial charge in [0, 0.05) is 0 Å². The van der Waals surface area contributed by atoms with Crippen LogP contribution in [0.3, 0.4) is 0 Å². The van der Waals surface area contributed by atoms with Crippen LogP contribution < -0.4 is 0 Å². The Hall–Kier alpha value is -1.69. The maximum Gasteiger partial charge on any atom is 0.432 e. The molecule has 1 aromatic rings. The number of esters is 1. The van der Waals surface area contributed by atoms with E-state index in [1.165, 1.54) is 0 Å². The molecule has 0 saturated heterocycles. The van der Waals surface area contributed by atoms with Crippen molar-refractivity contribution in [3.8, 4) is 0 Å². The molecule has 0 aliphatic rings. The summed E-state index contributed by atoms with van der Waals surface area (Å²) in [4.78, 5) is 11.1. The minimum atomic E-state index is -6.46. The Morgan fingerprint density at radius 2 is 1.85 bits per heavy atom. The maximum absolute atomic E-state index is 13.0. The molecular formula is C8H5F5O6S. The Balaban J connectivity index is 3.13. The number of hydrogen-bond acceptors (Lipinski definition) is 5. The third kappa shape index (κ3) is 3.25. The van der Waals surface area contributed by atoms with Crippen molar-refractivity contribution in [2.45, 2.75) is 17.5 Å². The molecule has 1 N–H and O–H groups in total. The van der Waals surface area contributed by atoms with Gasteiger partial charge in [-0.15, -0.1) is 0 Å². The van der Waals surface area contributed by atoms with Gasteiger partial charge in [-0.3, -0.25) is 4.55 Å². The average molecular weight is 324 g/mol. The molecule has 0 aromatic carbocycles. The monoisotopic (exact) mass is 324 g/mol. The van der Waals surface area contributed by atoms with Gasteiger partial charge in [-0.2, -0.15) is 30.4 Å². The first kappa shape index (κ1) is 16.4. The quantitative estimate of drug-likeness (QED) is 0.516. The lowest BCUT2D eigenvalue weighted by molar-refractivity contribution is -0.248. The molecule has 0 fully saturated rings. The molecule has 1 unspecified atom stereocenters. The number of halogens is 5. The molecular weight excluding hydrogens is 319 g/mol. The normalized spacial score (nSPS) is 14.9. The van der Waals surface area contributed by atoms with E-state index in [-0.39, 0.29) is 0 Å². The third-order valence-corrected chi connectivity index (χ3v) is 2.80. The Labute approximate surface area is 107 Å². The molecule has 0 amide bonds. The van der Waals surface area contributed by atoms with Gasteiger partial charge >= 0.3 is 27.5 Å². The minimum Gasteiger partial charge on any atom is -0.457 e. The van der Waals surface area contributed by atoms with E-state index in [9.17, 15) is 35.2 Å². The molecule has 0 aliphatic heterocycles. The summed E-state index contributed by atoms with van der Waals surface area (Å²) < 4.78 is 99.7. The highest BCUT2D eigenvalue weighted by atomic mass is 32.2. The Morgan fingerprint density at radius 3 is 2.20 bits per heavy atom. The molecule has 0 spiro atoms. The number of carbonyl (C=O) groups excluding carboxylic acids is 1. The Morgan fingerprint density at radius 1 is 1.30 bits per heavy atom. The van der Waals surface area contributed by atoms with Crippen LogP contribution in [0.15, 0.2) is 22.8 Å². The zero-order valence-corrected chi connectivity index (χ0v) is 9.91. The van der Waals surface area contributed by atoms with Crippen molar-refractivity contribution in [1.82, 2.24) is 0 Å². The molecule has 1 heterocycles. The van der Waals surface area contributed by atoms with Gasteiger partial charge in [0.25, 0.3) is 6.10 Å². The molecule has 0 radical (unpaired) electrons. The highest BCUT2D eigenvalue weighted by molar-refractivity contribution is 7.86. The van der Waals surface area contributed by atoms with Gasteiger partial charge in [-0.05, 0) is 12.1 Å². The topological polar surface area (TPSA) is 93.8 Å². The zero-order valence-electron chi connectivity index (χ0n) is 9.10. The minimum absolute atomic E-state index is 0.807. The predicted molar refractivity (Wildman–Crippen MR) is 50.5 cm³/mol. The summed E-state index contributed by atoms with van der Waals surface area (Å²) in [6.07, 6.45) is -9.48. The smallest absolute Gasteiger partial charge is 0.432 e. The fraction of sp³-hybridized carbons (Fsp3) is 0.375. The second-order valence-electron chi connectivity index (χ2n) is 3.34. The van der Waals surface area contributed by atoms with E-state index in [1.807, 2.05) is 0 Å². The van der Waals surface area contributed by atoms with E-state index in [0.29, 0.717) is 0 Å². The average Bonchev–Trinajstić information content (AvgIpc) is 2.75. The van der Waals surface area contributed by atoms with Crippen molar-refractivity contribution >= 4 is 16.1 Å². The van der Waals surface area contributed by atoms with Crippen LogP contribution >= 0.6 is 0 Å². The summed E-state index contributed by atoms with van der Waals surface area (Å²) in [7, 11) is -6.46. The summed E-state index contributed by atoms with van der Waals surface area (Å²) >= 11 is 0. The van der Waals surface area contributed by atoms with Crippen molar-refractivity contribution in [1.29, 1.82) is 0 Å². The van der Waals surface area contributed by atoms with Crippen LogP contribution in [0, 0.1) is 0 Å². The maximum atomic E-state index is 13.0. The van der Waals surface area contributed by atoms with Crippen LogP contribution in [-0.2, 0) is 14.9 Å². The van der Waals surface area contributed by atoms with Gasteiger partial charge in [0.05, 0.1) is 6.26 Å². The highest BCUT2D eigenvalue weighted by Crippen LogP contribution is 2.38. The molecule has 1 rings (SSSR count). The summed E-state index contributed by atoms with van der Waals surface area (Å²) in [5, 5.41) is -5.77. The number of hydrogen-bond donors (Lipinski definition) is 1. The Kier molecular flexibility index (Phi) is 4.10. The standard InChI is InChI=1S/C8H5F5O6S/c9-7(10,11)6(8(12,13)20(15,16)17)19-5(14)4-2-1-3-18-4/h1-3,6H,(H,15,16,17). The van der Waals surface area contributed by atoms with Crippen LogP contribution in [0.4, 0.5) is 22.0 Å². The molecule has 20 heavy (non-hydrogen) atoms. The van der Waals surface area contributed by atoms with Crippen LogP contribution in [0.5, 0.6) is 0 Å². The Bertz CT molecular complexity index is 575. The molecule has 0 bridgehead atoms. The number of carbonyl (C=O) groups is 1. The largest absolute Gasteiger partial charge is 0.457 e. The van der Waals surface area contributed by atoms with Gasteiger partial charge in [0.15, 0.2) is 0 Å². The molecule has 0 saturated carbocycles. The van der Waals surface area contributed by atoms with E-state index in [1.54, 1.807) is 0 Å². The second-order valence-corrected chi connectivity index (χ2v) is 4.84.